The monoisotopic (exact) mass is 209 g/mol. The van der Waals surface area contributed by atoms with E-state index < -0.39 is 0 Å². The number of nitrogens with two attached hydrogens (primary N) is 1. The van der Waals surface area contributed by atoms with Gasteiger partial charge in [0.05, 0.1) is 11.8 Å². The van der Waals surface area contributed by atoms with Gasteiger partial charge in [0.15, 0.2) is 0 Å². The zero-order valence-electron chi connectivity index (χ0n) is 9.35. The third-order valence-electron chi connectivity index (χ3n) is 2.19. The van der Waals surface area contributed by atoms with E-state index in [1.54, 1.807) is 13.1 Å². The minimum Gasteiger partial charge on any atom is -0.392 e. The molecule has 1 unspecified atom stereocenters. The molecule has 0 aromatic carbocycles. The molecule has 0 saturated heterocycles. The van der Waals surface area contributed by atoms with Gasteiger partial charge in [-0.2, -0.15) is 0 Å². The van der Waals surface area contributed by atoms with Gasteiger partial charge in [0.1, 0.15) is 0 Å². The molecule has 1 aromatic rings. The van der Waals surface area contributed by atoms with Crippen molar-refractivity contribution < 1.29 is 5.11 Å². The number of hydrogen-bond acceptors (Lipinski definition) is 4. The second kappa shape index (κ2) is 5.80. The van der Waals surface area contributed by atoms with Crippen LogP contribution in [0.1, 0.15) is 18.2 Å². The van der Waals surface area contributed by atoms with Crippen LogP contribution in [0, 0.1) is 0 Å². The molecule has 15 heavy (non-hydrogen) atoms. The van der Waals surface area contributed by atoms with Crippen molar-refractivity contribution >= 4 is 0 Å². The highest BCUT2D eigenvalue weighted by molar-refractivity contribution is 5.19. The summed E-state index contributed by atoms with van der Waals surface area (Å²) in [7, 11) is 1.97. The molecule has 0 saturated carbocycles. The van der Waals surface area contributed by atoms with E-state index in [2.05, 4.69) is 9.88 Å². The molecular weight excluding hydrogens is 190 g/mol. The number of likely N-dealkylation sites (N-methyl/N-ethyl adjacent to an activating group) is 1. The lowest BCUT2D eigenvalue weighted by Crippen LogP contribution is -2.27. The van der Waals surface area contributed by atoms with Crippen molar-refractivity contribution in [2.45, 2.75) is 26.1 Å². The Hall–Kier alpha value is -0.970. The first-order chi connectivity index (χ1) is 7.13. The maximum absolute atomic E-state index is 9.25. The van der Waals surface area contributed by atoms with Gasteiger partial charge in [-0.25, -0.2) is 0 Å². The number of rotatable bonds is 5. The minimum atomic E-state index is -0.312. The maximum Gasteiger partial charge on any atom is 0.0639 e. The molecule has 84 valence electrons. The number of aliphatic hydroxyl groups excluding tert-OH is 1. The van der Waals surface area contributed by atoms with Gasteiger partial charge in [-0.3, -0.25) is 9.88 Å². The van der Waals surface area contributed by atoms with Gasteiger partial charge in [0.2, 0.25) is 0 Å². The van der Waals surface area contributed by atoms with E-state index in [4.69, 9.17) is 5.73 Å². The van der Waals surface area contributed by atoms with Gasteiger partial charge in [-0.15, -0.1) is 0 Å². The van der Waals surface area contributed by atoms with Gasteiger partial charge in [-0.1, -0.05) is 6.07 Å². The van der Waals surface area contributed by atoms with Crippen molar-refractivity contribution in [1.29, 1.82) is 0 Å². The Kier molecular flexibility index (Phi) is 4.68. The van der Waals surface area contributed by atoms with Crippen molar-refractivity contribution in [3.8, 4) is 0 Å². The molecule has 1 heterocycles. The predicted molar refractivity (Wildman–Crippen MR) is 60.1 cm³/mol. The molecular formula is C11H19N3O. The summed E-state index contributed by atoms with van der Waals surface area (Å²) in [5.74, 6) is 0. The molecule has 1 rings (SSSR count). The second-order valence-electron chi connectivity index (χ2n) is 3.86. The maximum atomic E-state index is 9.25. The van der Waals surface area contributed by atoms with Crippen LogP contribution >= 0.6 is 0 Å². The van der Waals surface area contributed by atoms with Gasteiger partial charge in [0, 0.05) is 25.8 Å². The van der Waals surface area contributed by atoms with E-state index in [-0.39, 0.29) is 6.10 Å². The highest BCUT2D eigenvalue weighted by atomic mass is 16.3. The Balaban J connectivity index is 2.63. The van der Waals surface area contributed by atoms with E-state index in [1.807, 2.05) is 19.2 Å². The molecule has 0 radical (unpaired) electrons. The summed E-state index contributed by atoms with van der Waals surface area (Å²) < 4.78 is 0. The Morgan fingerprint density at radius 2 is 2.33 bits per heavy atom. The summed E-state index contributed by atoms with van der Waals surface area (Å²) in [4.78, 5) is 6.27. The van der Waals surface area contributed by atoms with Crippen molar-refractivity contribution in [2.24, 2.45) is 5.73 Å². The Morgan fingerprint density at radius 1 is 1.60 bits per heavy atom. The van der Waals surface area contributed by atoms with E-state index in [0.29, 0.717) is 13.1 Å². The Bertz CT molecular complexity index is 302. The average Bonchev–Trinajstić information content (AvgIpc) is 2.17. The second-order valence-corrected chi connectivity index (χ2v) is 3.86. The molecule has 0 amide bonds. The van der Waals surface area contributed by atoms with Crippen LogP contribution in [0.15, 0.2) is 18.3 Å². The summed E-state index contributed by atoms with van der Waals surface area (Å²) >= 11 is 0. The summed E-state index contributed by atoms with van der Waals surface area (Å²) in [6, 6.07) is 3.93. The van der Waals surface area contributed by atoms with Gasteiger partial charge < -0.3 is 10.8 Å². The first-order valence-corrected chi connectivity index (χ1v) is 5.13. The van der Waals surface area contributed by atoms with E-state index in [0.717, 1.165) is 17.8 Å². The highest BCUT2D eigenvalue weighted by Gasteiger charge is 2.07. The normalized spacial score (nSPS) is 13.1. The molecule has 0 aliphatic rings. The minimum absolute atomic E-state index is 0.312. The van der Waals surface area contributed by atoms with Crippen LogP contribution in [0.4, 0.5) is 0 Å². The molecule has 0 spiro atoms. The molecule has 1 atom stereocenters. The third-order valence-corrected chi connectivity index (χ3v) is 2.19. The fourth-order valence-corrected chi connectivity index (χ4v) is 1.61. The first-order valence-electron chi connectivity index (χ1n) is 5.13. The van der Waals surface area contributed by atoms with Gasteiger partial charge >= 0.3 is 0 Å². The standard InChI is InChI=1S/C11H19N3O/c1-9(15)7-14(2)8-10-4-3-5-13-11(10)6-12/h3-5,9,15H,6-8,12H2,1-2H3. The van der Waals surface area contributed by atoms with Crippen LogP contribution < -0.4 is 5.73 Å². The van der Waals surface area contributed by atoms with Crippen LogP contribution in [-0.4, -0.2) is 34.7 Å². The molecule has 4 heteroatoms. The fourth-order valence-electron chi connectivity index (χ4n) is 1.61. The van der Waals surface area contributed by atoms with E-state index >= 15 is 0 Å². The number of hydrogen-bond donors (Lipinski definition) is 2. The number of pyridine rings is 1. The van der Waals surface area contributed by atoms with E-state index in [1.165, 1.54) is 0 Å². The lowest BCUT2D eigenvalue weighted by atomic mass is 10.2. The number of aliphatic hydroxyl groups is 1. The third kappa shape index (κ3) is 3.95. The molecule has 0 fully saturated rings. The van der Waals surface area contributed by atoms with Crippen LogP contribution in [0.3, 0.4) is 0 Å². The largest absolute Gasteiger partial charge is 0.392 e. The summed E-state index contributed by atoms with van der Waals surface area (Å²) in [5.41, 5.74) is 7.65. The average molecular weight is 209 g/mol. The number of aromatic nitrogens is 1. The smallest absolute Gasteiger partial charge is 0.0639 e. The highest BCUT2D eigenvalue weighted by Crippen LogP contribution is 2.07. The molecule has 3 N–H and O–H groups in total. The van der Waals surface area contributed by atoms with Crippen molar-refractivity contribution in [2.75, 3.05) is 13.6 Å². The molecule has 0 bridgehead atoms. The van der Waals surface area contributed by atoms with Crippen molar-refractivity contribution in [3.63, 3.8) is 0 Å². The van der Waals surface area contributed by atoms with Crippen LogP contribution in [-0.2, 0) is 13.1 Å². The summed E-state index contributed by atoms with van der Waals surface area (Å²) in [6.07, 6.45) is 1.44. The molecule has 0 aliphatic heterocycles. The molecule has 0 aliphatic carbocycles. The van der Waals surface area contributed by atoms with Crippen LogP contribution in [0.2, 0.25) is 0 Å². The summed E-state index contributed by atoms with van der Waals surface area (Å²) in [5, 5.41) is 9.25. The lowest BCUT2D eigenvalue weighted by Gasteiger charge is -2.19. The molecule has 4 nitrogen and oxygen atoms in total. The van der Waals surface area contributed by atoms with Gasteiger partial charge in [0.25, 0.3) is 0 Å². The molecule has 1 aromatic heterocycles. The van der Waals surface area contributed by atoms with E-state index in [9.17, 15) is 5.11 Å². The van der Waals surface area contributed by atoms with Crippen LogP contribution in [0.5, 0.6) is 0 Å². The summed E-state index contributed by atoms with van der Waals surface area (Å²) in [6.45, 7) is 3.66. The first kappa shape index (κ1) is 12.1. The number of nitrogens with zero attached hydrogens (tertiary/aromatic N) is 2. The lowest BCUT2D eigenvalue weighted by molar-refractivity contribution is 0.138. The topological polar surface area (TPSA) is 62.4 Å². The van der Waals surface area contributed by atoms with Crippen molar-refractivity contribution in [1.82, 2.24) is 9.88 Å². The van der Waals surface area contributed by atoms with Crippen LogP contribution in [0.25, 0.3) is 0 Å². The predicted octanol–water partition coefficient (Wildman–Crippen LogP) is 0.353. The Labute approximate surface area is 90.7 Å². The fraction of sp³-hybridized carbons (Fsp3) is 0.545. The zero-order valence-corrected chi connectivity index (χ0v) is 9.35. The Morgan fingerprint density at radius 3 is 2.93 bits per heavy atom. The quantitative estimate of drug-likeness (QED) is 0.734. The zero-order chi connectivity index (χ0) is 11.3. The van der Waals surface area contributed by atoms with Gasteiger partial charge in [-0.05, 0) is 25.6 Å². The SMILES string of the molecule is CC(O)CN(C)Cc1cccnc1CN. The van der Waals surface area contributed by atoms with Crippen molar-refractivity contribution in [3.05, 3.63) is 29.6 Å².